The van der Waals surface area contributed by atoms with Gasteiger partial charge < -0.3 is 9.47 Å². The topological polar surface area (TPSA) is 38.8 Å². The van der Waals surface area contributed by atoms with Crippen LogP contribution >= 0.6 is 39.9 Å². The highest BCUT2D eigenvalue weighted by atomic mass is 79.9. The maximum Gasteiger partial charge on any atom is 0.270 e. The summed E-state index contributed by atoms with van der Waals surface area (Å²) in [6.45, 7) is 2.33. The van der Waals surface area contributed by atoms with Gasteiger partial charge in [0.1, 0.15) is 12.4 Å². The second kappa shape index (κ2) is 11.0. The Morgan fingerprint density at radius 2 is 1.78 bits per heavy atom. The largest absolute Gasteiger partial charge is 0.490 e. The summed E-state index contributed by atoms with van der Waals surface area (Å²) < 4.78 is 26.9. The van der Waals surface area contributed by atoms with Crippen LogP contribution in [0.5, 0.6) is 11.5 Å². The van der Waals surface area contributed by atoms with E-state index in [1.165, 1.54) is 17.8 Å². The maximum atomic E-state index is 14.1. The van der Waals surface area contributed by atoms with Gasteiger partial charge in [-0.25, -0.2) is 4.39 Å². The molecule has 0 radical (unpaired) electrons. The van der Waals surface area contributed by atoms with Gasteiger partial charge in [-0.15, -0.1) is 0 Å². The molecule has 186 valence electrons. The highest BCUT2D eigenvalue weighted by Crippen LogP contribution is 2.41. The number of thiocarbonyl (C=S) groups is 1. The van der Waals surface area contributed by atoms with E-state index < -0.39 is 0 Å². The van der Waals surface area contributed by atoms with Crippen molar-refractivity contribution in [1.29, 1.82) is 0 Å². The summed E-state index contributed by atoms with van der Waals surface area (Å²) in [5.74, 6) is 0.441. The standard InChI is InChI=1S/C29H21BrFNO3S2/c1-2-34-25-15-18(14-22(30)27(25)35-17-20-9-4-6-12-23(20)31)16-26-28(33)32(29(36)37-26)24-13-7-10-19-8-3-5-11-21(19)24/h3-16H,2,17H2,1H3/b26-16+. The smallest absolute Gasteiger partial charge is 0.270 e. The van der Waals surface area contributed by atoms with E-state index in [2.05, 4.69) is 15.9 Å². The molecule has 4 aromatic rings. The van der Waals surface area contributed by atoms with Crippen molar-refractivity contribution in [3.63, 3.8) is 0 Å². The fourth-order valence-corrected chi connectivity index (χ4v) is 5.93. The van der Waals surface area contributed by atoms with Gasteiger partial charge >= 0.3 is 0 Å². The molecule has 0 aromatic heterocycles. The van der Waals surface area contributed by atoms with Crippen molar-refractivity contribution in [1.82, 2.24) is 0 Å². The number of carbonyl (C=O) groups excluding carboxylic acids is 1. The molecule has 0 bridgehead atoms. The fourth-order valence-electron chi connectivity index (χ4n) is 4.07. The van der Waals surface area contributed by atoms with Gasteiger partial charge in [0.05, 0.1) is 21.7 Å². The van der Waals surface area contributed by atoms with Crippen molar-refractivity contribution in [3.8, 4) is 11.5 Å². The number of ether oxygens (including phenoxy) is 2. The summed E-state index contributed by atoms with van der Waals surface area (Å²) in [5.41, 5.74) is 1.95. The first-order valence-electron chi connectivity index (χ1n) is 11.5. The third kappa shape index (κ3) is 5.28. The number of fused-ring (bicyclic) bond motifs is 1. The number of thioether (sulfide) groups is 1. The van der Waals surface area contributed by atoms with E-state index in [0.717, 1.165) is 22.0 Å². The van der Waals surface area contributed by atoms with E-state index in [1.807, 2.05) is 55.5 Å². The van der Waals surface area contributed by atoms with Gasteiger partial charge in [0.15, 0.2) is 15.8 Å². The quantitative estimate of drug-likeness (QED) is 0.160. The number of benzene rings is 4. The minimum Gasteiger partial charge on any atom is -0.490 e. The number of hydrogen-bond donors (Lipinski definition) is 0. The van der Waals surface area contributed by atoms with Crippen molar-refractivity contribution >= 4 is 72.7 Å². The lowest BCUT2D eigenvalue weighted by Gasteiger charge is -2.17. The molecule has 1 saturated heterocycles. The van der Waals surface area contributed by atoms with Crippen LogP contribution in [0.1, 0.15) is 18.1 Å². The van der Waals surface area contributed by atoms with Crippen molar-refractivity contribution in [2.24, 2.45) is 0 Å². The van der Waals surface area contributed by atoms with E-state index in [1.54, 1.807) is 35.2 Å². The summed E-state index contributed by atoms with van der Waals surface area (Å²) in [6, 6.07) is 23.9. The number of anilines is 1. The zero-order valence-corrected chi connectivity index (χ0v) is 23.0. The molecule has 0 spiro atoms. The van der Waals surface area contributed by atoms with Crippen molar-refractivity contribution in [2.75, 3.05) is 11.5 Å². The summed E-state index contributed by atoms with van der Waals surface area (Å²) in [7, 11) is 0. The van der Waals surface area contributed by atoms with Crippen LogP contribution in [0.25, 0.3) is 16.8 Å². The van der Waals surface area contributed by atoms with Gasteiger partial charge in [0, 0.05) is 10.9 Å². The summed E-state index contributed by atoms with van der Waals surface area (Å²) in [4.78, 5) is 15.6. The summed E-state index contributed by atoms with van der Waals surface area (Å²) >= 11 is 10.4. The van der Waals surface area contributed by atoms with Crippen LogP contribution in [0.2, 0.25) is 0 Å². The average molecular weight is 595 g/mol. The lowest BCUT2D eigenvalue weighted by molar-refractivity contribution is -0.113. The molecule has 0 aliphatic carbocycles. The highest BCUT2D eigenvalue weighted by molar-refractivity contribution is 9.10. The van der Waals surface area contributed by atoms with E-state index in [9.17, 15) is 9.18 Å². The second-order valence-corrected chi connectivity index (χ2v) is 10.7. The van der Waals surface area contributed by atoms with Gasteiger partial charge in [0.25, 0.3) is 5.91 Å². The van der Waals surface area contributed by atoms with Gasteiger partial charge in [-0.2, -0.15) is 0 Å². The van der Waals surface area contributed by atoms with Gasteiger partial charge in [-0.3, -0.25) is 9.69 Å². The molecule has 0 unspecified atom stereocenters. The van der Waals surface area contributed by atoms with Gasteiger partial charge in [0.2, 0.25) is 0 Å². The minimum atomic E-state index is -0.332. The Morgan fingerprint density at radius 1 is 1.03 bits per heavy atom. The first kappa shape index (κ1) is 25.4. The van der Waals surface area contributed by atoms with Gasteiger partial charge in [-0.1, -0.05) is 78.6 Å². The van der Waals surface area contributed by atoms with Crippen LogP contribution in [0.15, 0.2) is 88.2 Å². The third-order valence-corrected chi connectivity index (χ3v) is 7.65. The maximum absolute atomic E-state index is 14.1. The molecule has 0 saturated carbocycles. The Bertz CT molecular complexity index is 1550. The van der Waals surface area contributed by atoms with Crippen molar-refractivity contribution in [2.45, 2.75) is 13.5 Å². The zero-order chi connectivity index (χ0) is 25.9. The Kier molecular flexibility index (Phi) is 7.60. The molecule has 0 atom stereocenters. The van der Waals surface area contributed by atoms with E-state index in [4.69, 9.17) is 21.7 Å². The molecule has 1 amide bonds. The van der Waals surface area contributed by atoms with Crippen molar-refractivity contribution in [3.05, 3.63) is 105 Å². The molecule has 4 aromatic carbocycles. The number of hydrogen-bond acceptors (Lipinski definition) is 5. The van der Waals surface area contributed by atoms with Gasteiger partial charge in [-0.05, 0) is 64.1 Å². The van der Waals surface area contributed by atoms with Crippen LogP contribution < -0.4 is 14.4 Å². The first-order chi connectivity index (χ1) is 18.0. The molecule has 1 aliphatic heterocycles. The second-order valence-electron chi connectivity index (χ2n) is 8.16. The molecular weight excluding hydrogens is 573 g/mol. The highest BCUT2D eigenvalue weighted by Gasteiger charge is 2.34. The Hall–Kier alpha value is -3.20. The summed E-state index contributed by atoms with van der Waals surface area (Å²) in [6.07, 6.45) is 1.79. The van der Waals surface area contributed by atoms with E-state index in [0.29, 0.717) is 37.4 Å². The molecule has 1 aliphatic rings. The van der Waals surface area contributed by atoms with Crippen LogP contribution in [0.4, 0.5) is 10.1 Å². The molecule has 0 N–H and O–H groups in total. The average Bonchev–Trinajstić information content (AvgIpc) is 3.16. The van der Waals surface area contributed by atoms with Crippen LogP contribution in [-0.2, 0) is 11.4 Å². The minimum absolute atomic E-state index is 0.0500. The third-order valence-electron chi connectivity index (χ3n) is 5.76. The SMILES string of the molecule is CCOc1cc(/C=C2/SC(=S)N(c3cccc4ccccc34)C2=O)cc(Br)c1OCc1ccccc1F. The number of nitrogens with zero attached hydrogens (tertiary/aromatic N) is 1. The molecule has 37 heavy (non-hydrogen) atoms. The predicted octanol–water partition coefficient (Wildman–Crippen LogP) is 8.12. The number of carbonyl (C=O) groups is 1. The molecule has 8 heteroatoms. The normalized spacial score (nSPS) is 14.6. The Balaban J connectivity index is 1.45. The van der Waals surface area contributed by atoms with E-state index in [-0.39, 0.29) is 18.3 Å². The van der Waals surface area contributed by atoms with E-state index >= 15 is 0 Å². The van der Waals surface area contributed by atoms with Crippen LogP contribution in [-0.4, -0.2) is 16.8 Å². The zero-order valence-electron chi connectivity index (χ0n) is 19.7. The fraction of sp³-hybridized carbons (Fsp3) is 0.103. The van der Waals surface area contributed by atoms with Crippen molar-refractivity contribution < 1.29 is 18.7 Å². The molecule has 1 fully saturated rings. The van der Waals surface area contributed by atoms with Crippen LogP contribution in [0.3, 0.4) is 0 Å². The lowest BCUT2D eigenvalue weighted by Crippen LogP contribution is -2.27. The number of halogens is 2. The molecule has 1 heterocycles. The number of amides is 1. The molecule has 4 nitrogen and oxygen atoms in total. The Labute approximate surface area is 232 Å². The lowest BCUT2D eigenvalue weighted by atomic mass is 10.1. The molecule has 5 rings (SSSR count). The summed E-state index contributed by atoms with van der Waals surface area (Å²) in [5, 5.41) is 1.99. The Morgan fingerprint density at radius 3 is 2.59 bits per heavy atom. The monoisotopic (exact) mass is 593 g/mol. The number of rotatable bonds is 7. The van der Waals surface area contributed by atoms with Crippen LogP contribution in [0, 0.1) is 5.82 Å². The first-order valence-corrected chi connectivity index (χ1v) is 13.6. The predicted molar refractivity (Wildman–Crippen MR) is 156 cm³/mol. The molecular formula is C29H21BrFNO3S2.